The van der Waals surface area contributed by atoms with Crippen molar-refractivity contribution in [3.05, 3.63) is 0 Å². The van der Waals surface area contributed by atoms with Gasteiger partial charge in [0.25, 0.3) is 0 Å². The number of nitrogens with two attached hydrogens (primary N) is 1. The summed E-state index contributed by atoms with van der Waals surface area (Å²) >= 11 is 0. The third-order valence-electron chi connectivity index (χ3n) is 2.11. The number of hydrogen-bond donors (Lipinski definition) is 1. The quantitative estimate of drug-likeness (QED) is 0.654. The van der Waals surface area contributed by atoms with Gasteiger partial charge in [-0.1, -0.05) is 0 Å². The van der Waals surface area contributed by atoms with Crippen LogP contribution in [0.25, 0.3) is 0 Å². The molecule has 1 rings (SSSR count). The Hall–Kier alpha value is -0.590. The minimum atomic E-state index is -0.476. The molecule has 1 aliphatic rings. The van der Waals surface area contributed by atoms with E-state index in [9.17, 15) is 0 Å². The molecule has 0 bridgehead atoms. The van der Waals surface area contributed by atoms with E-state index < -0.39 is 6.04 Å². The lowest BCUT2D eigenvalue weighted by molar-refractivity contribution is -0.0463. The predicted molar refractivity (Wildman–Crippen MR) is 41.8 cm³/mol. The van der Waals surface area contributed by atoms with E-state index in [4.69, 9.17) is 15.7 Å². The predicted octanol–water partition coefficient (Wildman–Crippen LogP) is 0.795. The standard InChI is InChI=1S/C8H14N2O/c1-6(8(10)5-9)11-7-3-2-4-7/h6-8H,2-4,10H2,1H3. The molecule has 0 heterocycles. The van der Waals surface area contributed by atoms with Crippen LogP contribution in [0.5, 0.6) is 0 Å². The van der Waals surface area contributed by atoms with Crippen LogP contribution < -0.4 is 5.73 Å². The van der Waals surface area contributed by atoms with E-state index in [0.29, 0.717) is 6.10 Å². The maximum atomic E-state index is 8.45. The molecule has 11 heavy (non-hydrogen) atoms. The van der Waals surface area contributed by atoms with Crippen molar-refractivity contribution >= 4 is 0 Å². The fourth-order valence-electron chi connectivity index (χ4n) is 1.00. The topological polar surface area (TPSA) is 59.0 Å². The summed E-state index contributed by atoms with van der Waals surface area (Å²) in [6.07, 6.45) is 3.75. The number of rotatable bonds is 3. The van der Waals surface area contributed by atoms with Crippen LogP contribution in [0.2, 0.25) is 0 Å². The third-order valence-corrected chi connectivity index (χ3v) is 2.11. The Morgan fingerprint density at radius 1 is 1.64 bits per heavy atom. The van der Waals surface area contributed by atoms with Crippen molar-refractivity contribution < 1.29 is 4.74 Å². The SMILES string of the molecule is CC(OC1CCC1)C(N)C#N. The molecule has 1 aliphatic carbocycles. The Kier molecular flexibility index (Phi) is 2.86. The summed E-state index contributed by atoms with van der Waals surface area (Å²) in [6.45, 7) is 1.85. The Balaban J connectivity index is 2.19. The van der Waals surface area contributed by atoms with Crippen LogP contribution in [0.4, 0.5) is 0 Å². The van der Waals surface area contributed by atoms with Crippen LogP contribution >= 0.6 is 0 Å². The van der Waals surface area contributed by atoms with Crippen molar-refractivity contribution in [2.24, 2.45) is 5.73 Å². The van der Waals surface area contributed by atoms with Gasteiger partial charge in [0.1, 0.15) is 6.04 Å². The minimum absolute atomic E-state index is 0.120. The van der Waals surface area contributed by atoms with Crippen molar-refractivity contribution in [3.8, 4) is 6.07 Å². The molecule has 0 spiro atoms. The molecule has 3 heteroatoms. The smallest absolute Gasteiger partial charge is 0.119 e. The fraction of sp³-hybridized carbons (Fsp3) is 0.875. The molecular formula is C8H14N2O. The zero-order valence-corrected chi connectivity index (χ0v) is 6.79. The maximum absolute atomic E-state index is 8.45. The van der Waals surface area contributed by atoms with E-state index in [1.165, 1.54) is 6.42 Å². The van der Waals surface area contributed by atoms with Gasteiger partial charge < -0.3 is 10.5 Å². The summed E-state index contributed by atoms with van der Waals surface area (Å²) in [5.74, 6) is 0. The third kappa shape index (κ3) is 2.18. The highest BCUT2D eigenvalue weighted by Crippen LogP contribution is 2.23. The Labute approximate surface area is 67.1 Å². The van der Waals surface area contributed by atoms with E-state index in [1.54, 1.807) is 0 Å². The number of ether oxygens (including phenoxy) is 1. The number of nitriles is 1. The lowest BCUT2D eigenvalue weighted by Gasteiger charge is -2.29. The van der Waals surface area contributed by atoms with Gasteiger partial charge in [-0.2, -0.15) is 5.26 Å². The molecule has 2 N–H and O–H groups in total. The zero-order chi connectivity index (χ0) is 8.27. The number of nitrogens with zero attached hydrogens (tertiary/aromatic N) is 1. The lowest BCUT2D eigenvalue weighted by Crippen LogP contribution is -2.37. The van der Waals surface area contributed by atoms with Crippen LogP contribution in [-0.4, -0.2) is 18.2 Å². The average Bonchev–Trinajstić information content (AvgIpc) is 1.94. The van der Waals surface area contributed by atoms with Crippen LogP contribution in [-0.2, 0) is 4.74 Å². The molecule has 3 nitrogen and oxygen atoms in total. The molecule has 0 aromatic heterocycles. The van der Waals surface area contributed by atoms with E-state index in [-0.39, 0.29) is 6.10 Å². The highest BCUT2D eigenvalue weighted by atomic mass is 16.5. The molecule has 62 valence electrons. The largest absolute Gasteiger partial charge is 0.373 e. The second kappa shape index (κ2) is 3.70. The second-order valence-corrected chi connectivity index (χ2v) is 3.05. The van der Waals surface area contributed by atoms with Crippen molar-refractivity contribution in [2.75, 3.05) is 0 Å². The first kappa shape index (κ1) is 8.51. The van der Waals surface area contributed by atoms with E-state index in [1.807, 2.05) is 13.0 Å². The van der Waals surface area contributed by atoms with Gasteiger partial charge in [0.05, 0.1) is 18.3 Å². The molecule has 0 aromatic rings. The van der Waals surface area contributed by atoms with Crippen LogP contribution in [0, 0.1) is 11.3 Å². The average molecular weight is 154 g/mol. The van der Waals surface area contributed by atoms with Gasteiger partial charge in [0.2, 0.25) is 0 Å². The fourth-order valence-corrected chi connectivity index (χ4v) is 1.00. The molecule has 0 radical (unpaired) electrons. The first-order valence-electron chi connectivity index (χ1n) is 4.04. The molecule has 0 amide bonds. The van der Waals surface area contributed by atoms with Crippen molar-refractivity contribution in [1.29, 1.82) is 5.26 Å². The van der Waals surface area contributed by atoms with Gasteiger partial charge >= 0.3 is 0 Å². The van der Waals surface area contributed by atoms with Gasteiger partial charge in [0, 0.05) is 0 Å². The van der Waals surface area contributed by atoms with Crippen LogP contribution in [0.1, 0.15) is 26.2 Å². The maximum Gasteiger partial charge on any atom is 0.119 e. The molecule has 0 aliphatic heterocycles. The Morgan fingerprint density at radius 3 is 2.64 bits per heavy atom. The first-order chi connectivity index (χ1) is 5.24. The monoisotopic (exact) mass is 154 g/mol. The van der Waals surface area contributed by atoms with Gasteiger partial charge in [-0.3, -0.25) is 0 Å². The second-order valence-electron chi connectivity index (χ2n) is 3.05. The summed E-state index contributed by atoms with van der Waals surface area (Å²) in [5, 5.41) is 8.45. The van der Waals surface area contributed by atoms with Gasteiger partial charge in [-0.25, -0.2) is 0 Å². The summed E-state index contributed by atoms with van der Waals surface area (Å²) < 4.78 is 5.49. The Morgan fingerprint density at radius 2 is 2.27 bits per heavy atom. The molecule has 1 fully saturated rings. The molecule has 0 saturated heterocycles. The highest BCUT2D eigenvalue weighted by molar-refractivity contribution is 4.92. The summed E-state index contributed by atoms with van der Waals surface area (Å²) in [5.41, 5.74) is 5.46. The van der Waals surface area contributed by atoms with Crippen molar-refractivity contribution in [3.63, 3.8) is 0 Å². The van der Waals surface area contributed by atoms with Crippen molar-refractivity contribution in [2.45, 2.75) is 44.4 Å². The first-order valence-corrected chi connectivity index (χ1v) is 4.04. The summed E-state index contributed by atoms with van der Waals surface area (Å²) in [4.78, 5) is 0. The van der Waals surface area contributed by atoms with Crippen LogP contribution in [0.15, 0.2) is 0 Å². The molecule has 1 saturated carbocycles. The Bertz CT molecular complexity index is 160. The van der Waals surface area contributed by atoms with Crippen LogP contribution in [0.3, 0.4) is 0 Å². The van der Waals surface area contributed by atoms with E-state index in [0.717, 1.165) is 12.8 Å². The molecule has 2 atom stereocenters. The van der Waals surface area contributed by atoms with Crippen molar-refractivity contribution in [1.82, 2.24) is 0 Å². The summed E-state index contributed by atoms with van der Waals surface area (Å²) in [6, 6.07) is 1.49. The van der Waals surface area contributed by atoms with E-state index in [2.05, 4.69) is 0 Å². The minimum Gasteiger partial charge on any atom is -0.373 e. The summed E-state index contributed by atoms with van der Waals surface area (Å²) in [7, 11) is 0. The molecule has 2 unspecified atom stereocenters. The number of hydrogen-bond acceptors (Lipinski definition) is 3. The normalized spacial score (nSPS) is 23.4. The van der Waals surface area contributed by atoms with Gasteiger partial charge in [0.15, 0.2) is 0 Å². The highest BCUT2D eigenvalue weighted by Gasteiger charge is 2.23. The van der Waals surface area contributed by atoms with E-state index >= 15 is 0 Å². The zero-order valence-electron chi connectivity index (χ0n) is 6.79. The molecule has 0 aromatic carbocycles. The van der Waals surface area contributed by atoms with Gasteiger partial charge in [-0.15, -0.1) is 0 Å². The van der Waals surface area contributed by atoms with Gasteiger partial charge in [-0.05, 0) is 26.2 Å². The lowest BCUT2D eigenvalue weighted by atomic mass is 9.96. The molecular weight excluding hydrogens is 140 g/mol.